The lowest BCUT2D eigenvalue weighted by Crippen LogP contribution is -2.21. The van der Waals surface area contributed by atoms with E-state index in [0.29, 0.717) is 16.7 Å². The second kappa shape index (κ2) is 6.34. The molecule has 1 aromatic carbocycles. The van der Waals surface area contributed by atoms with E-state index in [2.05, 4.69) is 19.2 Å². The van der Waals surface area contributed by atoms with Gasteiger partial charge in [0, 0.05) is 6.54 Å². The van der Waals surface area contributed by atoms with Gasteiger partial charge in [0.05, 0.1) is 10.6 Å². The first kappa shape index (κ1) is 15.2. The predicted molar refractivity (Wildman–Crippen MR) is 75.7 cm³/mol. The molecule has 0 spiro atoms. The van der Waals surface area contributed by atoms with Gasteiger partial charge in [0.15, 0.2) is 9.84 Å². The lowest BCUT2D eigenvalue weighted by Gasteiger charge is -2.21. The van der Waals surface area contributed by atoms with Crippen LogP contribution in [0.2, 0.25) is 0 Å². The summed E-state index contributed by atoms with van der Waals surface area (Å²) in [5.41, 5.74) is 1.19. The van der Waals surface area contributed by atoms with Crippen molar-refractivity contribution in [3.8, 4) is 0 Å². The van der Waals surface area contributed by atoms with E-state index in [1.54, 1.807) is 19.1 Å². The van der Waals surface area contributed by atoms with E-state index in [4.69, 9.17) is 0 Å². The number of likely N-dealkylation sites (N-methyl/N-ethyl adjacent to an activating group) is 1. The Bertz CT molecular complexity index is 463. The predicted octanol–water partition coefficient (Wildman–Crippen LogP) is 2.44. The molecule has 1 atom stereocenters. The average molecular weight is 269 g/mol. The van der Waals surface area contributed by atoms with Crippen LogP contribution in [0.15, 0.2) is 29.2 Å². The van der Waals surface area contributed by atoms with Gasteiger partial charge < -0.3 is 5.32 Å². The van der Waals surface area contributed by atoms with Crippen LogP contribution >= 0.6 is 0 Å². The molecular weight excluding hydrogens is 246 g/mol. The lowest BCUT2D eigenvalue weighted by atomic mass is 9.88. The fourth-order valence-electron chi connectivity index (χ4n) is 2.05. The molecule has 0 radical (unpaired) electrons. The SMILES string of the molecule is CCS(=O)(=O)c1ccc(C(CNC)C(C)C)cc1. The third-order valence-corrected chi connectivity index (χ3v) is 5.03. The number of sulfone groups is 1. The quantitative estimate of drug-likeness (QED) is 0.863. The van der Waals surface area contributed by atoms with Crippen LogP contribution in [0.5, 0.6) is 0 Å². The lowest BCUT2D eigenvalue weighted by molar-refractivity contribution is 0.478. The molecule has 0 saturated carbocycles. The van der Waals surface area contributed by atoms with Crippen LogP contribution in [0.4, 0.5) is 0 Å². The molecule has 0 amide bonds. The van der Waals surface area contributed by atoms with Crippen molar-refractivity contribution in [2.24, 2.45) is 5.92 Å². The summed E-state index contributed by atoms with van der Waals surface area (Å²) >= 11 is 0. The molecule has 0 bridgehead atoms. The Balaban J connectivity index is 3.01. The van der Waals surface area contributed by atoms with Crippen molar-refractivity contribution in [1.82, 2.24) is 5.32 Å². The van der Waals surface area contributed by atoms with Crippen molar-refractivity contribution in [2.75, 3.05) is 19.3 Å². The summed E-state index contributed by atoms with van der Waals surface area (Å²) in [6.45, 7) is 6.93. The maximum Gasteiger partial charge on any atom is 0.178 e. The van der Waals surface area contributed by atoms with E-state index in [1.807, 2.05) is 19.2 Å². The first-order valence-electron chi connectivity index (χ1n) is 6.39. The Morgan fingerprint density at radius 3 is 2.11 bits per heavy atom. The summed E-state index contributed by atoms with van der Waals surface area (Å²) in [5, 5.41) is 3.19. The standard InChI is InChI=1S/C14H23NO2S/c1-5-18(16,17)13-8-6-12(7-9-13)14(10-15-4)11(2)3/h6-9,11,14-15H,5,10H2,1-4H3. The van der Waals surface area contributed by atoms with Crippen LogP contribution in [0.3, 0.4) is 0 Å². The fraction of sp³-hybridized carbons (Fsp3) is 0.571. The van der Waals surface area contributed by atoms with Crippen molar-refractivity contribution >= 4 is 9.84 Å². The Labute approximate surface area is 111 Å². The highest BCUT2D eigenvalue weighted by atomic mass is 32.2. The van der Waals surface area contributed by atoms with Crippen molar-refractivity contribution in [2.45, 2.75) is 31.6 Å². The summed E-state index contributed by atoms with van der Waals surface area (Å²) < 4.78 is 23.5. The largest absolute Gasteiger partial charge is 0.319 e. The highest BCUT2D eigenvalue weighted by molar-refractivity contribution is 7.91. The van der Waals surface area contributed by atoms with Gasteiger partial charge in [-0.3, -0.25) is 0 Å². The topological polar surface area (TPSA) is 46.2 Å². The van der Waals surface area contributed by atoms with E-state index in [0.717, 1.165) is 6.54 Å². The van der Waals surface area contributed by atoms with Gasteiger partial charge in [-0.1, -0.05) is 32.9 Å². The van der Waals surface area contributed by atoms with Crippen molar-refractivity contribution < 1.29 is 8.42 Å². The summed E-state index contributed by atoms with van der Waals surface area (Å²) in [4.78, 5) is 0.417. The molecule has 1 aromatic rings. The summed E-state index contributed by atoms with van der Waals surface area (Å²) in [6.07, 6.45) is 0. The number of nitrogens with one attached hydrogen (secondary N) is 1. The normalized spacial score (nSPS) is 13.8. The van der Waals surface area contributed by atoms with Gasteiger partial charge in [-0.2, -0.15) is 0 Å². The minimum absolute atomic E-state index is 0.149. The molecule has 0 aliphatic carbocycles. The first-order chi connectivity index (χ1) is 8.42. The van der Waals surface area contributed by atoms with Crippen LogP contribution in [0.25, 0.3) is 0 Å². The van der Waals surface area contributed by atoms with E-state index in [-0.39, 0.29) is 5.75 Å². The van der Waals surface area contributed by atoms with Crippen molar-refractivity contribution in [3.05, 3.63) is 29.8 Å². The number of benzene rings is 1. The minimum Gasteiger partial charge on any atom is -0.319 e. The van der Waals surface area contributed by atoms with Gasteiger partial charge >= 0.3 is 0 Å². The molecular formula is C14H23NO2S. The van der Waals surface area contributed by atoms with Gasteiger partial charge in [0.1, 0.15) is 0 Å². The summed E-state index contributed by atoms with van der Waals surface area (Å²) in [6, 6.07) is 7.31. The number of hydrogen-bond donors (Lipinski definition) is 1. The second-order valence-corrected chi connectivity index (χ2v) is 7.16. The Morgan fingerprint density at radius 2 is 1.72 bits per heavy atom. The van der Waals surface area contributed by atoms with Gasteiger partial charge in [0.25, 0.3) is 0 Å². The maximum atomic E-state index is 11.7. The molecule has 4 heteroatoms. The van der Waals surface area contributed by atoms with Crippen LogP contribution < -0.4 is 5.32 Å². The third kappa shape index (κ3) is 3.56. The number of rotatable bonds is 6. The van der Waals surface area contributed by atoms with E-state index >= 15 is 0 Å². The molecule has 1 N–H and O–H groups in total. The molecule has 3 nitrogen and oxygen atoms in total. The van der Waals surface area contributed by atoms with Gasteiger partial charge in [-0.25, -0.2) is 8.42 Å². The third-order valence-electron chi connectivity index (χ3n) is 3.28. The average Bonchev–Trinajstić information content (AvgIpc) is 2.36. The molecule has 0 aliphatic rings. The zero-order chi connectivity index (χ0) is 13.8. The van der Waals surface area contributed by atoms with Crippen LogP contribution in [-0.2, 0) is 9.84 Å². The molecule has 1 rings (SSSR count). The van der Waals surface area contributed by atoms with E-state index in [1.165, 1.54) is 5.56 Å². The molecule has 0 fully saturated rings. The monoisotopic (exact) mass is 269 g/mol. The van der Waals surface area contributed by atoms with Gasteiger partial charge in [-0.05, 0) is 36.6 Å². The van der Waals surface area contributed by atoms with E-state index in [9.17, 15) is 8.42 Å². The number of hydrogen-bond acceptors (Lipinski definition) is 3. The van der Waals surface area contributed by atoms with Crippen LogP contribution in [-0.4, -0.2) is 27.8 Å². The Morgan fingerprint density at radius 1 is 1.17 bits per heavy atom. The van der Waals surface area contributed by atoms with E-state index < -0.39 is 9.84 Å². The first-order valence-corrected chi connectivity index (χ1v) is 8.05. The van der Waals surface area contributed by atoms with Crippen molar-refractivity contribution in [3.63, 3.8) is 0 Å². The Hall–Kier alpha value is -0.870. The molecule has 0 heterocycles. The molecule has 0 aromatic heterocycles. The van der Waals surface area contributed by atoms with Gasteiger partial charge in [-0.15, -0.1) is 0 Å². The second-order valence-electron chi connectivity index (χ2n) is 4.88. The molecule has 1 unspecified atom stereocenters. The van der Waals surface area contributed by atoms with Crippen molar-refractivity contribution in [1.29, 1.82) is 0 Å². The van der Waals surface area contributed by atoms with Crippen LogP contribution in [0, 0.1) is 5.92 Å². The molecule has 102 valence electrons. The minimum atomic E-state index is -3.09. The molecule has 18 heavy (non-hydrogen) atoms. The zero-order valence-corrected chi connectivity index (χ0v) is 12.4. The van der Waals surface area contributed by atoms with Crippen LogP contribution in [0.1, 0.15) is 32.3 Å². The Kier molecular flexibility index (Phi) is 5.35. The maximum absolute atomic E-state index is 11.7. The molecule has 0 saturated heterocycles. The smallest absolute Gasteiger partial charge is 0.178 e. The zero-order valence-electron chi connectivity index (χ0n) is 11.6. The van der Waals surface area contributed by atoms with Gasteiger partial charge in [0.2, 0.25) is 0 Å². The summed E-state index contributed by atoms with van der Waals surface area (Å²) in [5.74, 6) is 1.08. The highest BCUT2D eigenvalue weighted by Crippen LogP contribution is 2.25. The summed E-state index contributed by atoms with van der Waals surface area (Å²) in [7, 11) is -1.15. The fourth-order valence-corrected chi connectivity index (χ4v) is 2.93. The highest BCUT2D eigenvalue weighted by Gasteiger charge is 2.16. The molecule has 0 aliphatic heterocycles.